The van der Waals surface area contributed by atoms with Crippen molar-refractivity contribution in [1.29, 1.82) is 0 Å². The van der Waals surface area contributed by atoms with Crippen LogP contribution in [0.1, 0.15) is 39.5 Å². The van der Waals surface area contributed by atoms with Gasteiger partial charge in [-0.05, 0) is 38.3 Å². The summed E-state index contributed by atoms with van der Waals surface area (Å²) in [5, 5.41) is 14.6. The molecule has 5 nitrogen and oxygen atoms in total. The van der Waals surface area contributed by atoms with Crippen LogP contribution in [0.3, 0.4) is 0 Å². The largest absolute Gasteiger partial charge is 0.481 e. The second-order valence-electron chi connectivity index (χ2n) is 5.10. The summed E-state index contributed by atoms with van der Waals surface area (Å²) in [7, 11) is 1.85. The third-order valence-corrected chi connectivity index (χ3v) is 2.69. The van der Waals surface area contributed by atoms with Crippen LogP contribution in [-0.2, 0) is 9.59 Å². The van der Waals surface area contributed by atoms with Gasteiger partial charge in [0.1, 0.15) is 0 Å². The molecule has 0 aliphatic carbocycles. The van der Waals surface area contributed by atoms with E-state index in [1.54, 1.807) is 0 Å². The standard InChI is InChI=1S/C13H26N2O3/c1-10(2)7-11(8-13(17)18)9-15-12(16)5-4-6-14-3/h10-11,14H,4-9H2,1-3H3,(H,15,16)(H,17,18)/t11-/m0/s1. The van der Waals surface area contributed by atoms with Gasteiger partial charge in [0.15, 0.2) is 0 Å². The summed E-state index contributed by atoms with van der Waals surface area (Å²) in [4.78, 5) is 22.2. The van der Waals surface area contributed by atoms with Crippen LogP contribution < -0.4 is 10.6 Å². The zero-order valence-electron chi connectivity index (χ0n) is 11.7. The first-order valence-corrected chi connectivity index (χ1v) is 6.58. The van der Waals surface area contributed by atoms with Crippen molar-refractivity contribution in [2.45, 2.75) is 39.5 Å². The van der Waals surface area contributed by atoms with Gasteiger partial charge in [-0.2, -0.15) is 0 Å². The van der Waals surface area contributed by atoms with Crippen molar-refractivity contribution >= 4 is 11.9 Å². The SMILES string of the molecule is CNCCCC(=O)NC[C@H](CC(=O)O)CC(C)C. The molecular formula is C13H26N2O3. The van der Waals surface area contributed by atoms with E-state index in [-0.39, 0.29) is 18.2 Å². The van der Waals surface area contributed by atoms with E-state index in [9.17, 15) is 9.59 Å². The fourth-order valence-electron chi connectivity index (χ4n) is 1.92. The second kappa shape index (κ2) is 9.88. The van der Waals surface area contributed by atoms with Crippen molar-refractivity contribution in [2.24, 2.45) is 11.8 Å². The maximum absolute atomic E-state index is 11.5. The lowest BCUT2D eigenvalue weighted by Gasteiger charge is -2.17. The number of aliphatic carboxylic acids is 1. The van der Waals surface area contributed by atoms with Crippen LogP contribution in [0.15, 0.2) is 0 Å². The highest BCUT2D eigenvalue weighted by Gasteiger charge is 2.15. The maximum Gasteiger partial charge on any atom is 0.303 e. The van der Waals surface area contributed by atoms with Crippen LogP contribution >= 0.6 is 0 Å². The molecule has 0 radical (unpaired) electrons. The smallest absolute Gasteiger partial charge is 0.303 e. The molecule has 0 unspecified atom stereocenters. The lowest BCUT2D eigenvalue weighted by molar-refractivity contribution is -0.138. The van der Waals surface area contributed by atoms with Crippen LogP contribution in [0.25, 0.3) is 0 Å². The molecule has 0 aromatic heterocycles. The molecule has 0 aliphatic heterocycles. The van der Waals surface area contributed by atoms with Gasteiger partial charge in [0.2, 0.25) is 5.91 Å². The Bertz CT molecular complexity index is 255. The molecular weight excluding hydrogens is 232 g/mol. The Hall–Kier alpha value is -1.10. The molecule has 5 heteroatoms. The van der Waals surface area contributed by atoms with E-state index in [0.29, 0.717) is 18.9 Å². The molecule has 0 aromatic rings. The van der Waals surface area contributed by atoms with E-state index in [4.69, 9.17) is 5.11 Å². The number of rotatable bonds is 10. The van der Waals surface area contributed by atoms with Gasteiger partial charge >= 0.3 is 5.97 Å². The highest BCUT2D eigenvalue weighted by molar-refractivity contribution is 5.76. The molecule has 0 heterocycles. The number of nitrogens with one attached hydrogen (secondary N) is 2. The van der Waals surface area contributed by atoms with Crippen LogP contribution in [0.4, 0.5) is 0 Å². The highest BCUT2D eigenvalue weighted by Crippen LogP contribution is 2.14. The van der Waals surface area contributed by atoms with Crippen LogP contribution in [0.2, 0.25) is 0 Å². The molecule has 1 atom stereocenters. The van der Waals surface area contributed by atoms with Crippen LogP contribution in [0, 0.1) is 11.8 Å². The van der Waals surface area contributed by atoms with Gasteiger partial charge in [-0.15, -0.1) is 0 Å². The van der Waals surface area contributed by atoms with E-state index in [1.165, 1.54) is 0 Å². The summed E-state index contributed by atoms with van der Waals surface area (Å²) in [5.41, 5.74) is 0. The van der Waals surface area contributed by atoms with Gasteiger partial charge in [-0.1, -0.05) is 13.8 Å². The van der Waals surface area contributed by atoms with Crippen molar-refractivity contribution in [1.82, 2.24) is 10.6 Å². The monoisotopic (exact) mass is 258 g/mol. The van der Waals surface area contributed by atoms with Crippen LogP contribution in [-0.4, -0.2) is 37.1 Å². The van der Waals surface area contributed by atoms with Gasteiger partial charge in [0.05, 0.1) is 0 Å². The Labute approximate surface area is 109 Å². The number of carbonyl (C=O) groups excluding carboxylic acids is 1. The Morgan fingerprint density at radius 2 is 1.94 bits per heavy atom. The topological polar surface area (TPSA) is 78.4 Å². The Balaban J connectivity index is 3.93. The Kier molecular flexibility index (Phi) is 9.28. The molecule has 0 aliphatic rings. The first-order valence-electron chi connectivity index (χ1n) is 6.58. The van der Waals surface area contributed by atoms with Gasteiger partial charge in [-0.25, -0.2) is 0 Å². The fourth-order valence-corrected chi connectivity index (χ4v) is 1.92. The predicted molar refractivity (Wildman–Crippen MR) is 71.4 cm³/mol. The normalized spacial score (nSPS) is 12.4. The molecule has 1 amide bonds. The fraction of sp³-hybridized carbons (Fsp3) is 0.846. The first-order chi connectivity index (χ1) is 8.45. The molecule has 3 N–H and O–H groups in total. The molecule has 106 valence electrons. The first kappa shape index (κ1) is 16.9. The molecule has 0 fully saturated rings. The van der Waals surface area contributed by atoms with Crippen molar-refractivity contribution in [3.05, 3.63) is 0 Å². The summed E-state index contributed by atoms with van der Waals surface area (Å²) in [5.74, 6) is -0.333. The minimum absolute atomic E-state index is 0.00407. The molecule has 0 saturated heterocycles. The second-order valence-corrected chi connectivity index (χ2v) is 5.10. The average Bonchev–Trinajstić information content (AvgIpc) is 2.25. The quantitative estimate of drug-likeness (QED) is 0.515. The number of hydrogen-bond acceptors (Lipinski definition) is 3. The van der Waals surface area contributed by atoms with Gasteiger partial charge in [0, 0.05) is 19.4 Å². The highest BCUT2D eigenvalue weighted by atomic mass is 16.4. The van der Waals surface area contributed by atoms with E-state index in [0.717, 1.165) is 19.4 Å². The number of carboxylic acids is 1. The van der Waals surface area contributed by atoms with Gasteiger partial charge < -0.3 is 15.7 Å². The summed E-state index contributed by atoms with van der Waals surface area (Å²) >= 11 is 0. The van der Waals surface area contributed by atoms with Gasteiger partial charge in [-0.3, -0.25) is 9.59 Å². The summed E-state index contributed by atoms with van der Waals surface area (Å²) < 4.78 is 0. The summed E-state index contributed by atoms with van der Waals surface area (Å²) in [6.07, 6.45) is 2.23. The zero-order valence-corrected chi connectivity index (χ0v) is 11.7. The number of hydrogen-bond donors (Lipinski definition) is 3. The van der Waals surface area contributed by atoms with E-state index >= 15 is 0 Å². The van der Waals surface area contributed by atoms with E-state index < -0.39 is 5.97 Å². The molecule has 0 rings (SSSR count). The molecule has 18 heavy (non-hydrogen) atoms. The molecule has 0 aromatic carbocycles. The zero-order chi connectivity index (χ0) is 14.0. The lowest BCUT2D eigenvalue weighted by atomic mass is 9.94. The van der Waals surface area contributed by atoms with Crippen molar-refractivity contribution < 1.29 is 14.7 Å². The number of amides is 1. The molecule has 0 bridgehead atoms. The minimum Gasteiger partial charge on any atom is -0.481 e. The molecule has 0 spiro atoms. The predicted octanol–water partition coefficient (Wildman–Crippen LogP) is 1.24. The van der Waals surface area contributed by atoms with Gasteiger partial charge in [0.25, 0.3) is 0 Å². The summed E-state index contributed by atoms with van der Waals surface area (Å²) in [6.45, 7) is 5.40. The van der Waals surface area contributed by atoms with Crippen molar-refractivity contribution in [3.63, 3.8) is 0 Å². The minimum atomic E-state index is -0.801. The Morgan fingerprint density at radius 3 is 2.44 bits per heavy atom. The van der Waals surface area contributed by atoms with Crippen molar-refractivity contribution in [2.75, 3.05) is 20.1 Å². The van der Waals surface area contributed by atoms with E-state index in [1.807, 2.05) is 7.05 Å². The molecule has 0 saturated carbocycles. The summed E-state index contributed by atoms with van der Waals surface area (Å²) in [6, 6.07) is 0. The lowest BCUT2D eigenvalue weighted by Crippen LogP contribution is -2.31. The third-order valence-electron chi connectivity index (χ3n) is 2.69. The Morgan fingerprint density at radius 1 is 1.28 bits per heavy atom. The average molecular weight is 258 g/mol. The third kappa shape index (κ3) is 10.1. The van der Waals surface area contributed by atoms with Crippen LogP contribution in [0.5, 0.6) is 0 Å². The number of carbonyl (C=O) groups is 2. The maximum atomic E-state index is 11.5. The van der Waals surface area contributed by atoms with E-state index in [2.05, 4.69) is 24.5 Å². The number of carboxylic acid groups (broad SMARTS) is 1. The van der Waals surface area contributed by atoms with Crippen molar-refractivity contribution in [3.8, 4) is 0 Å².